The molecule has 0 radical (unpaired) electrons. The quantitative estimate of drug-likeness (QED) is 0.500. The molecule has 0 spiro atoms. The van der Waals surface area contributed by atoms with Crippen LogP contribution in [0.1, 0.15) is 19.3 Å². The van der Waals surface area contributed by atoms with Crippen LogP contribution in [-0.4, -0.2) is 23.0 Å². The highest BCUT2D eigenvalue weighted by molar-refractivity contribution is 6.08. The van der Waals surface area contributed by atoms with Crippen LogP contribution in [0.5, 0.6) is 0 Å². The summed E-state index contributed by atoms with van der Waals surface area (Å²) in [6.45, 7) is 0. The molecular formula is C8H8O5. The molecule has 0 fully saturated rings. The lowest BCUT2D eigenvalue weighted by molar-refractivity contribution is -0.150. The van der Waals surface area contributed by atoms with E-state index in [4.69, 9.17) is 5.11 Å². The Balaban J connectivity index is 2.37. The molecule has 0 aromatic rings. The Kier molecular flexibility index (Phi) is 2.79. The molecule has 0 bridgehead atoms. The van der Waals surface area contributed by atoms with Crippen LogP contribution in [0.15, 0.2) is 11.6 Å². The number of hydrogen-bond donors (Lipinski definition) is 1. The van der Waals surface area contributed by atoms with Gasteiger partial charge in [-0.25, -0.2) is 9.59 Å². The van der Waals surface area contributed by atoms with Crippen LogP contribution in [0.2, 0.25) is 0 Å². The molecule has 13 heavy (non-hydrogen) atoms. The van der Waals surface area contributed by atoms with E-state index in [0.717, 1.165) is 6.08 Å². The third-order valence-corrected chi connectivity index (χ3v) is 1.58. The van der Waals surface area contributed by atoms with Crippen LogP contribution in [0.3, 0.4) is 0 Å². The van der Waals surface area contributed by atoms with Gasteiger partial charge in [0.15, 0.2) is 0 Å². The number of hydrogen-bond acceptors (Lipinski definition) is 4. The van der Waals surface area contributed by atoms with Crippen LogP contribution < -0.4 is 0 Å². The predicted octanol–water partition coefficient (Wildman–Crippen LogP) is 0.251. The molecule has 1 heterocycles. The first-order valence-corrected chi connectivity index (χ1v) is 3.78. The Labute approximate surface area is 74.0 Å². The molecular weight excluding hydrogens is 176 g/mol. The lowest BCUT2D eigenvalue weighted by Crippen LogP contribution is -2.02. The predicted molar refractivity (Wildman–Crippen MR) is 40.7 cm³/mol. The Hall–Kier alpha value is -1.65. The maximum absolute atomic E-state index is 10.8. The molecule has 70 valence electrons. The molecule has 0 atom stereocenters. The summed E-state index contributed by atoms with van der Waals surface area (Å²) in [7, 11) is 0. The van der Waals surface area contributed by atoms with Crippen LogP contribution in [-0.2, 0) is 19.1 Å². The van der Waals surface area contributed by atoms with E-state index >= 15 is 0 Å². The lowest BCUT2D eigenvalue weighted by atomic mass is 10.1. The number of cyclic esters (lactones) is 2. The van der Waals surface area contributed by atoms with Crippen molar-refractivity contribution in [1.29, 1.82) is 0 Å². The van der Waals surface area contributed by atoms with Crippen molar-refractivity contribution in [2.24, 2.45) is 0 Å². The Morgan fingerprint density at radius 3 is 2.62 bits per heavy atom. The van der Waals surface area contributed by atoms with Crippen LogP contribution in [0.4, 0.5) is 0 Å². The second-order valence-electron chi connectivity index (χ2n) is 2.63. The van der Waals surface area contributed by atoms with E-state index in [9.17, 15) is 14.4 Å². The molecule has 1 aliphatic heterocycles. The molecule has 5 nitrogen and oxygen atoms in total. The highest BCUT2D eigenvalue weighted by Crippen LogP contribution is 2.14. The van der Waals surface area contributed by atoms with Crippen LogP contribution in [0, 0.1) is 0 Å². The van der Waals surface area contributed by atoms with Gasteiger partial charge in [0.05, 0.1) is 0 Å². The van der Waals surface area contributed by atoms with Crippen molar-refractivity contribution in [2.75, 3.05) is 0 Å². The van der Waals surface area contributed by atoms with Gasteiger partial charge >= 0.3 is 17.9 Å². The third kappa shape index (κ3) is 2.70. The summed E-state index contributed by atoms with van der Waals surface area (Å²) in [6.07, 6.45) is 1.70. The Morgan fingerprint density at radius 1 is 1.46 bits per heavy atom. The van der Waals surface area contributed by atoms with Crippen molar-refractivity contribution >= 4 is 17.9 Å². The average molecular weight is 184 g/mol. The van der Waals surface area contributed by atoms with E-state index in [-0.39, 0.29) is 18.4 Å². The molecule has 0 unspecified atom stereocenters. The second-order valence-corrected chi connectivity index (χ2v) is 2.63. The fraction of sp³-hybridized carbons (Fsp3) is 0.375. The summed E-state index contributed by atoms with van der Waals surface area (Å²) >= 11 is 0. The van der Waals surface area contributed by atoms with Gasteiger partial charge in [-0.1, -0.05) is 0 Å². The lowest BCUT2D eigenvalue weighted by Gasteiger charge is -1.95. The van der Waals surface area contributed by atoms with Gasteiger partial charge in [-0.15, -0.1) is 0 Å². The fourth-order valence-electron chi connectivity index (χ4n) is 0.992. The normalized spacial score (nSPS) is 15.5. The first kappa shape index (κ1) is 9.44. The molecule has 1 aliphatic rings. The first-order valence-electron chi connectivity index (χ1n) is 3.78. The number of rotatable bonds is 4. The molecule has 5 heteroatoms. The summed E-state index contributed by atoms with van der Waals surface area (Å²) in [5.74, 6) is -2.25. The van der Waals surface area contributed by atoms with Gasteiger partial charge in [0.2, 0.25) is 0 Å². The zero-order valence-electron chi connectivity index (χ0n) is 6.78. The van der Waals surface area contributed by atoms with Crippen molar-refractivity contribution in [3.05, 3.63) is 11.6 Å². The topological polar surface area (TPSA) is 80.7 Å². The minimum absolute atomic E-state index is 0.0151. The van der Waals surface area contributed by atoms with Crippen LogP contribution >= 0.6 is 0 Å². The summed E-state index contributed by atoms with van der Waals surface area (Å²) in [6, 6.07) is 0. The summed E-state index contributed by atoms with van der Waals surface area (Å²) in [5, 5.41) is 8.30. The number of aliphatic carboxylic acids is 1. The first-order chi connectivity index (χ1) is 6.09. The fourth-order valence-corrected chi connectivity index (χ4v) is 0.992. The summed E-state index contributed by atoms with van der Waals surface area (Å²) in [4.78, 5) is 31.4. The summed E-state index contributed by atoms with van der Waals surface area (Å²) in [5.41, 5.74) is 0.256. The molecule has 0 aromatic heterocycles. The summed E-state index contributed by atoms with van der Waals surface area (Å²) < 4.78 is 4.21. The number of carbonyl (C=O) groups excluding carboxylic acids is 2. The van der Waals surface area contributed by atoms with E-state index in [2.05, 4.69) is 4.74 Å². The van der Waals surface area contributed by atoms with Crippen molar-refractivity contribution in [3.63, 3.8) is 0 Å². The van der Waals surface area contributed by atoms with Gasteiger partial charge in [0.1, 0.15) is 0 Å². The van der Waals surface area contributed by atoms with Crippen molar-refractivity contribution in [2.45, 2.75) is 19.3 Å². The maximum atomic E-state index is 10.8. The van der Waals surface area contributed by atoms with Gasteiger partial charge < -0.3 is 9.84 Å². The molecule has 0 aliphatic carbocycles. The van der Waals surface area contributed by atoms with E-state index in [1.54, 1.807) is 0 Å². The second kappa shape index (κ2) is 3.84. The monoisotopic (exact) mass is 184 g/mol. The molecule has 1 N–H and O–H groups in total. The third-order valence-electron chi connectivity index (χ3n) is 1.58. The van der Waals surface area contributed by atoms with E-state index in [1.807, 2.05) is 0 Å². The van der Waals surface area contributed by atoms with Crippen LogP contribution in [0.25, 0.3) is 0 Å². The molecule has 0 saturated heterocycles. The van der Waals surface area contributed by atoms with Gasteiger partial charge in [-0.3, -0.25) is 4.79 Å². The number of carbonyl (C=O) groups is 3. The van der Waals surface area contributed by atoms with Crippen molar-refractivity contribution in [1.82, 2.24) is 0 Å². The molecule has 0 aromatic carbocycles. The molecule has 0 amide bonds. The minimum atomic E-state index is -0.918. The zero-order valence-corrected chi connectivity index (χ0v) is 6.78. The average Bonchev–Trinajstić information content (AvgIpc) is 2.29. The van der Waals surface area contributed by atoms with E-state index in [0.29, 0.717) is 6.42 Å². The smallest absolute Gasteiger partial charge is 0.342 e. The van der Waals surface area contributed by atoms with Crippen molar-refractivity contribution in [3.8, 4) is 0 Å². The SMILES string of the molecule is O=C(O)CCCC1=CC(=O)OC1=O. The van der Waals surface area contributed by atoms with Gasteiger partial charge in [-0.05, 0) is 12.8 Å². The highest BCUT2D eigenvalue weighted by atomic mass is 16.6. The van der Waals surface area contributed by atoms with E-state index < -0.39 is 17.9 Å². The molecule has 1 rings (SSSR count). The van der Waals surface area contributed by atoms with Gasteiger partial charge in [0.25, 0.3) is 0 Å². The zero-order chi connectivity index (χ0) is 9.84. The largest absolute Gasteiger partial charge is 0.481 e. The Morgan fingerprint density at radius 2 is 2.15 bits per heavy atom. The maximum Gasteiger partial charge on any atom is 0.342 e. The number of carboxylic acid groups (broad SMARTS) is 1. The van der Waals surface area contributed by atoms with Crippen molar-refractivity contribution < 1.29 is 24.2 Å². The minimum Gasteiger partial charge on any atom is -0.481 e. The highest BCUT2D eigenvalue weighted by Gasteiger charge is 2.22. The number of carboxylic acids is 1. The number of ether oxygens (including phenoxy) is 1. The van der Waals surface area contributed by atoms with Gasteiger partial charge in [-0.2, -0.15) is 0 Å². The van der Waals surface area contributed by atoms with E-state index in [1.165, 1.54) is 0 Å². The number of esters is 2. The van der Waals surface area contributed by atoms with Gasteiger partial charge in [0, 0.05) is 18.1 Å². The molecule has 0 saturated carbocycles. The standard InChI is InChI=1S/C8H8O5/c9-6(10)3-1-2-5-4-7(11)13-8(5)12/h4H,1-3H2,(H,9,10). The Bertz CT molecular complexity index is 289.